The van der Waals surface area contributed by atoms with Crippen molar-refractivity contribution in [1.29, 1.82) is 0 Å². The van der Waals surface area contributed by atoms with Crippen LogP contribution in [0.2, 0.25) is 5.02 Å². The Morgan fingerprint density at radius 1 is 1.29 bits per heavy atom. The van der Waals surface area contributed by atoms with Gasteiger partial charge in [-0.05, 0) is 42.5 Å². The lowest BCUT2D eigenvalue weighted by atomic mass is 10.1. The summed E-state index contributed by atoms with van der Waals surface area (Å²) in [6.07, 6.45) is 0.351. The van der Waals surface area contributed by atoms with Crippen LogP contribution < -0.4 is 10.2 Å². The third kappa shape index (κ3) is 4.76. The highest BCUT2D eigenvalue weighted by molar-refractivity contribution is 7.99. The lowest BCUT2D eigenvalue weighted by molar-refractivity contribution is -0.117. The van der Waals surface area contributed by atoms with E-state index in [1.165, 1.54) is 11.3 Å². The number of thioether (sulfide) groups is 1. The quantitative estimate of drug-likeness (QED) is 0.487. The number of nitrogens with one attached hydrogen (secondary N) is 1. The molecule has 1 saturated heterocycles. The molecule has 2 aromatic carbocycles. The maximum atomic E-state index is 12.7. The van der Waals surface area contributed by atoms with Crippen molar-refractivity contribution < 1.29 is 9.59 Å². The van der Waals surface area contributed by atoms with E-state index in [0.29, 0.717) is 28.7 Å². The first-order valence-electron chi connectivity index (χ1n) is 9.89. The van der Waals surface area contributed by atoms with E-state index in [1.54, 1.807) is 22.7 Å². The normalized spacial score (nSPS) is 16.0. The van der Waals surface area contributed by atoms with Gasteiger partial charge in [0, 0.05) is 34.5 Å². The molecule has 1 fully saturated rings. The molecular weight excluding hydrogens is 452 g/mol. The highest BCUT2D eigenvalue weighted by atomic mass is 35.5. The van der Waals surface area contributed by atoms with E-state index in [9.17, 15) is 9.59 Å². The molecule has 2 heterocycles. The fraction of sp³-hybridized carbons (Fsp3) is 0.273. The number of hydrogen-bond acceptors (Lipinski definition) is 6. The van der Waals surface area contributed by atoms with Crippen LogP contribution in [-0.4, -0.2) is 34.3 Å². The standard InChI is InChI=1S/C22H21ClN4O2S2/c1-3-30-18-7-5-4-6-16(18)20(29)24-22-26-25-21(31-22)14-10-19(28)27(12-14)15-9-8-13(2)17(23)11-15/h4-9,11,14H,3,10,12H2,1-2H3,(H,24,26,29). The van der Waals surface area contributed by atoms with Gasteiger partial charge in [0.05, 0.1) is 5.56 Å². The molecule has 1 unspecified atom stereocenters. The second kappa shape index (κ2) is 9.38. The fourth-order valence-electron chi connectivity index (χ4n) is 3.42. The molecule has 6 nitrogen and oxygen atoms in total. The molecule has 0 spiro atoms. The van der Waals surface area contributed by atoms with Gasteiger partial charge in [0.2, 0.25) is 11.0 Å². The van der Waals surface area contributed by atoms with Gasteiger partial charge >= 0.3 is 0 Å². The molecule has 0 radical (unpaired) electrons. The van der Waals surface area contributed by atoms with E-state index in [2.05, 4.69) is 15.5 Å². The Balaban J connectivity index is 1.46. The van der Waals surface area contributed by atoms with Gasteiger partial charge in [0.1, 0.15) is 5.01 Å². The molecule has 0 bridgehead atoms. The van der Waals surface area contributed by atoms with Crippen LogP contribution >= 0.6 is 34.7 Å². The molecule has 1 aliphatic heterocycles. The summed E-state index contributed by atoms with van der Waals surface area (Å²) in [7, 11) is 0. The number of benzene rings is 2. The van der Waals surface area contributed by atoms with Gasteiger partial charge in [0.25, 0.3) is 5.91 Å². The first kappa shape index (κ1) is 21.8. The number of rotatable bonds is 6. The molecule has 0 saturated carbocycles. The second-order valence-electron chi connectivity index (χ2n) is 7.17. The first-order valence-corrected chi connectivity index (χ1v) is 12.1. The van der Waals surface area contributed by atoms with E-state index >= 15 is 0 Å². The predicted molar refractivity (Wildman–Crippen MR) is 127 cm³/mol. The molecule has 31 heavy (non-hydrogen) atoms. The van der Waals surface area contributed by atoms with Crippen LogP contribution in [-0.2, 0) is 4.79 Å². The summed E-state index contributed by atoms with van der Waals surface area (Å²) in [5, 5.41) is 13.0. The lowest BCUT2D eigenvalue weighted by Crippen LogP contribution is -2.24. The topological polar surface area (TPSA) is 75.2 Å². The van der Waals surface area contributed by atoms with Crippen molar-refractivity contribution in [1.82, 2.24) is 10.2 Å². The van der Waals surface area contributed by atoms with Crippen LogP contribution in [0.1, 0.15) is 40.2 Å². The van der Waals surface area contributed by atoms with Gasteiger partial charge in [-0.3, -0.25) is 14.9 Å². The zero-order chi connectivity index (χ0) is 22.0. The molecular formula is C22H21ClN4O2S2. The molecule has 3 aromatic rings. The van der Waals surface area contributed by atoms with Crippen molar-refractivity contribution in [2.24, 2.45) is 0 Å². The summed E-state index contributed by atoms with van der Waals surface area (Å²) in [6.45, 7) is 4.49. The Hall–Kier alpha value is -2.42. The molecule has 1 aliphatic rings. The third-order valence-corrected chi connectivity index (χ3v) is 7.40. The van der Waals surface area contributed by atoms with E-state index in [4.69, 9.17) is 11.6 Å². The Morgan fingerprint density at radius 2 is 2.10 bits per heavy atom. The number of carbonyl (C=O) groups excluding carboxylic acids is 2. The minimum Gasteiger partial charge on any atom is -0.312 e. The maximum absolute atomic E-state index is 12.7. The van der Waals surface area contributed by atoms with Crippen molar-refractivity contribution in [2.45, 2.75) is 31.1 Å². The zero-order valence-corrected chi connectivity index (χ0v) is 19.5. The van der Waals surface area contributed by atoms with Gasteiger partial charge in [-0.15, -0.1) is 22.0 Å². The van der Waals surface area contributed by atoms with E-state index in [1.807, 2.05) is 50.2 Å². The highest BCUT2D eigenvalue weighted by Crippen LogP contribution is 2.35. The minimum atomic E-state index is -0.210. The van der Waals surface area contributed by atoms with Crippen LogP contribution in [0.25, 0.3) is 0 Å². The number of aryl methyl sites for hydroxylation is 1. The van der Waals surface area contributed by atoms with Crippen LogP contribution in [0.4, 0.5) is 10.8 Å². The zero-order valence-electron chi connectivity index (χ0n) is 17.1. The van der Waals surface area contributed by atoms with Gasteiger partial charge in [0.15, 0.2) is 0 Å². The predicted octanol–water partition coefficient (Wildman–Crippen LogP) is 5.38. The van der Waals surface area contributed by atoms with Gasteiger partial charge < -0.3 is 4.90 Å². The SMILES string of the molecule is CCSc1ccccc1C(=O)Nc1nnc(C2CC(=O)N(c3ccc(C)c(Cl)c3)C2)s1. The van der Waals surface area contributed by atoms with Crippen LogP contribution in [0, 0.1) is 6.92 Å². The first-order chi connectivity index (χ1) is 15.0. The number of carbonyl (C=O) groups is 2. The van der Waals surface area contributed by atoms with Crippen molar-refractivity contribution in [3.05, 3.63) is 63.6 Å². The Bertz CT molecular complexity index is 1130. The van der Waals surface area contributed by atoms with E-state index in [-0.39, 0.29) is 17.7 Å². The van der Waals surface area contributed by atoms with Crippen LogP contribution in [0.15, 0.2) is 47.4 Å². The van der Waals surface area contributed by atoms with Crippen molar-refractivity contribution in [3.8, 4) is 0 Å². The third-order valence-electron chi connectivity index (χ3n) is 5.03. The summed E-state index contributed by atoms with van der Waals surface area (Å²) in [5.41, 5.74) is 2.37. The summed E-state index contributed by atoms with van der Waals surface area (Å²) < 4.78 is 0. The number of anilines is 2. The number of hydrogen-bond donors (Lipinski definition) is 1. The fourth-order valence-corrected chi connectivity index (χ4v) is 5.23. The number of aromatic nitrogens is 2. The molecule has 1 atom stereocenters. The van der Waals surface area contributed by atoms with E-state index < -0.39 is 0 Å². The van der Waals surface area contributed by atoms with E-state index in [0.717, 1.165) is 26.9 Å². The Labute approximate surface area is 194 Å². The van der Waals surface area contributed by atoms with Crippen molar-refractivity contribution in [2.75, 3.05) is 22.5 Å². The average molecular weight is 473 g/mol. The molecule has 9 heteroatoms. The summed E-state index contributed by atoms with van der Waals surface area (Å²) in [6, 6.07) is 13.1. The number of halogens is 1. The summed E-state index contributed by atoms with van der Waals surface area (Å²) >= 11 is 9.16. The smallest absolute Gasteiger partial charge is 0.258 e. The maximum Gasteiger partial charge on any atom is 0.258 e. The molecule has 1 aromatic heterocycles. The van der Waals surface area contributed by atoms with Gasteiger partial charge in [-0.1, -0.05) is 48.1 Å². The number of nitrogens with zero attached hydrogens (tertiary/aromatic N) is 3. The summed E-state index contributed by atoms with van der Waals surface area (Å²) in [5.74, 6) is 0.624. The monoisotopic (exact) mass is 472 g/mol. The lowest BCUT2D eigenvalue weighted by Gasteiger charge is -2.17. The second-order valence-corrected chi connectivity index (χ2v) is 9.89. The molecule has 1 N–H and O–H groups in total. The van der Waals surface area contributed by atoms with Crippen molar-refractivity contribution >= 4 is 57.3 Å². The van der Waals surface area contributed by atoms with Crippen LogP contribution in [0.3, 0.4) is 0 Å². The summed E-state index contributed by atoms with van der Waals surface area (Å²) in [4.78, 5) is 28.0. The Kier molecular flexibility index (Phi) is 6.60. The largest absolute Gasteiger partial charge is 0.312 e. The van der Waals surface area contributed by atoms with Gasteiger partial charge in [-0.2, -0.15) is 0 Å². The highest BCUT2D eigenvalue weighted by Gasteiger charge is 2.34. The average Bonchev–Trinajstić information content (AvgIpc) is 3.37. The molecule has 4 rings (SSSR count). The molecule has 0 aliphatic carbocycles. The molecule has 2 amide bonds. The van der Waals surface area contributed by atoms with Crippen molar-refractivity contribution in [3.63, 3.8) is 0 Å². The number of amides is 2. The Morgan fingerprint density at radius 3 is 2.87 bits per heavy atom. The van der Waals surface area contributed by atoms with Gasteiger partial charge in [-0.25, -0.2) is 0 Å². The molecule has 160 valence electrons. The van der Waals surface area contributed by atoms with Crippen LogP contribution in [0.5, 0.6) is 0 Å². The minimum absolute atomic E-state index is 0.0243.